The summed E-state index contributed by atoms with van der Waals surface area (Å²) >= 11 is 0. The summed E-state index contributed by atoms with van der Waals surface area (Å²) in [6.07, 6.45) is 0.313. The van der Waals surface area contributed by atoms with Crippen LogP contribution in [0.5, 0.6) is 0 Å². The SMILES string of the molecule is CO[C@@H](C)COC(=O)CCC(C)=O. The molecule has 0 aromatic carbocycles. The normalized spacial score (nSPS) is 12.2. The zero-order valence-corrected chi connectivity index (χ0v) is 8.33. The monoisotopic (exact) mass is 188 g/mol. The van der Waals surface area contributed by atoms with E-state index in [0.717, 1.165) is 0 Å². The van der Waals surface area contributed by atoms with E-state index in [9.17, 15) is 9.59 Å². The van der Waals surface area contributed by atoms with Gasteiger partial charge in [-0.05, 0) is 13.8 Å². The highest BCUT2D eigenvalue weighted by Crippen LogP contribution is 1.96. The van der Waals surface area contributed by atoms with E-state index in [0.29, 0.717) is 0 Å². The standard InChI is InChI=1S/C9H16O4/c1-7(10)4-5-9(11)13-6-8(2)12-3/h8H,4-6H2,1-3H3/t8-/m0/s1. The van der Waals surface area contributed by atoms with Gasteiger partial charge >= 0.3 is 5.97 Å². The lowest BCUT2D eigenvalue weighted by molar-refractivity contribution is -0.147. The summed E-state index contributed by atoms with van der Waals surface area (Å²) in [5.74, 6) is -0.351. The Morgan fingerprint density at radius 2 is 1.92 bits per heavy atom. The molecule has 0 aromatic heterocycles. The second kappa shape index (κ2) is 6.60. The molecule has 4 nitrogen and oxygen atoms in total. The Labute approximate surface area is 78.2 Å². The van der Waals surface area contributed by atoms with E-state index in [-0.39, 0.29) is 37.3 Å². The fraction of sp³-hybridized carbons (Fsp3) is 0.778. The van der Waals surface area contributed by atoms with Gasteiger partial charge in [0.2, 0.25) is 0 Å². The predicted octanol–water partition coefficient (Wildman–Crippen LogP) is 0.934. The molecular weight excluding hydrogens is 172 g/mol. The van der Waals surface area contributed by atoms with Gasteiger partial charge in [0.15, 0.2) is 0 Å². The first kappa shape index (κ1) is 12.1. The fourth-order valence-corrected chi connectivity index (χ4v) is 0.629. The van der Waals surface area contributed by atoms with Crippen LogP contribution in [0.4, 0.5) is 0 Å². The van der Waals surface area contributed by atoms with Crippen molar-refractivity contribution >= 4 is 11.8 Å². The lowest BCUT2D eigenvalue weighted by Gasteiger charge is -2.09. The molecule has 0 heterocycles. The summed E-state index contributed by atoms with van der Waals surface area (Å²) in [6, 6.07) is 0. The average molecular weight is 188 g/mol. The maximum Gasteiger partial charge on any atom is 0.306 e. The van der Waals surface area contributed by atoms with Gasteiger partial charge in [0.05, 0.1) is 12.5 Å². The van der Waals surface area contributed by atoms with E-state index in [2.05, 4.69) is 0 Å². The van der Waals surface area contributed by atoms with E-state index in [1.54, 1.807) is 14.0 Å². The van der Waals surface area contributed by atoms with Crippen molar-refractivity contribution in [3.8, 4) is 0 Å². The molecule has 0 bridgehead atoms. The molecule has 0 aliphatic rings. The van der Waals surface area contributed by atoms with Crippen LogP contribution in [-0.2, 0) is 19.1 Å². The lowest BCUT2D eigenvalue weighted by atomic mass is 10.2. The zero-order valence-electron chi connectivity index (χ0n) is 8.33. The predicted molar refractivity (Wildman–Crippen MR) is 47.3 cm³/mol. The molecule has 0 N–H and O–H groups in total. The van der Waals surface area contributed by atoms with Crippen molar-refractivity contribution in [2.24, 2.45) is 0 Å². The Morgan fingerprint density at radius 1 is 1.31 bits per heavy atom. The van der Waals surface area contributed by atoms with Crippen LogP contribution in [0.2, 0.25) is 0 Å². The Morgan fingerprint density at radius 3 is 2.38 bits per heavy atom. The number of esters is 1. The molecule has 0 radical (unpaired) electrons. The molecular formula is C9H16O4. The summed E-state index contributed by atoms with van der Waals surface area (Å²) in [7, 11) is 1.55. The highest BCUT2D eigenvalue weighted by Gasteiger charge is 2.07. The van der Waals surface area contributed by atoms with Crippen molar-refractivity contribution in [1.82, 2.24) is 0 Å². The molecule has 0 saturated carbocycles. The Bertz CT molecular complexity index is 176. The van der Waals surface area contributed by atoms with E-state index < -0.39 is 0 Å². The maximum atomic E-state index is 10.9. The number of carbonyl (C=O) groups is 2. The molecule has 76 valence electrons. The van der Waals surface area contributed by atoms with Crippen molar-refractivity contribution in [2.75, 3.05) is 13.7 Å². The quantitative estimate of drug-likeness (QED) is 0.582. The van der Waals surface area contributed by atoms with Gasteiger partial charge < -0.3 is 14.3 Å². The van der Waals surface area contributed by atoms with Gasteiger partial charge in [0.25, 0.3) is 0 Å². The van der Waals surface area contributed by atoms with Crippen LogP contribution in [0.15, 0.2) is 0 Å². The van der Waals surface area contributed by atoms with Crippen LogP contribution in [0.3, 0.4) is 0 Å². The molecule has 0 fully saturated rings. The Kier molecular flexibility index (Phi) is 6.14. The lowest BCUT2D eigenvalue weighted by Crippen LogP contribution is -2.17. The maximum absolute atomic E-state index is 10.9. The molecule has 0 saturated heterocycles. The minimum absolute atomic E-state index is 0.00302. The van der Waals surface area contributed by atoms with E-state index in [1.807, 2.05) is 0 Å². The molecule has 4 heteroatoms. The first-order valence-corrected chi connectivity index (χ1v) is 4.24. The molecule has 0 unspecified atom stereocenters. The number of carbonyl (C=O) groups excluding carboxylic acids is 2. The van der Waals surface area contributed by atoms with Crippen molar-refractivity contribution < 1.29 is 19.1 Å². The summed E-state index contributed by atoms with van der Waals surface area (Å²) in [5.41, 5.74) is 0. The molecule has 0 rings (SSSR count). The van der Waals surface area contributed by atoms with Crippen LogP contribution in [0.1, 0.15) is 26.7 Å². The Hall–Kier alpha value is -0.900. The molecule has 0 aromatic rings. The first-order valence-electron chi connectivity index (χ1n) is 4.24. The van der Waals surface area contributed by atoms with Crippen LogP contribution >= 0.6 is 0 Å². The number of Topliss-reactive ketones (excluding diaryl/α,β-unsaturated/α-hetero) is 1. The van der Waals surface area contributed by atoms with Crippen LogP contribution in [0.25, 0.3) is 0 Å². The number of ketones is 1. The summed E-state index contributed by atoms with van der Waals surface area (Å²) in [5, 5.41) is 0. The third-order valence-corrected chi connectivity index (χ3v) is 1.56. The van der Waals surface area contributed by atoms with Gasteiger partial charge in [-0.25, -0.2) is 0 Å². The van der Waals surface area contributed by atoms with Gasteiger partial charge in [-0.1, -0.05) is 0 Å². The van der Waals surface area contributed by atoms with Gasteiger partial charge in [-0.15, -0.1) is 0 Å². The minimum Gasteiger partial charge on any atom is -0.463 e. The second-order valence-corrected chi connectivity index (χ2v) is 2.93. The highest BCUT2D eigenvalue weighted by molar-refractivity contribution is 5.80. The molecule has 0 aliphatic carbocycles. The number of hydrogen-bond donors (Lipinski definition) is 0. The number of rotatable bonds is 6. The smallest absolute Gasteiger partial charge is 0.306 e. The van der Waals surface area contributed by atoms with Crippen molar-refractivity contribution in [1.29, 1.82) is 0 Å². The summed E-state index contributed by atoms with van der Waals surface area (Å²) < 4.78 is 9.71. The van der Waals surface area contributed by atoms with Gasteiger partial charge in [-0.3, -0.25) is 4.79 Å². The van der Waals surface area contributed by atoms with Crippen molar-refractivity contribution in [3.63, 3.8) is 0 Å². The third-order valence-electron chi connectivity index (χ3n) is 1.56. The number of methoxy groups -OCH3 is 1. The van der Waals surface area contributed by atoms with Crippen molar-refractivity contribution in [3.05, 3.63) is 0 Å². The zero-order chi connectivity index (χ0) is 10.3. The largest absolute Gasteiger partial charge is 0.463 e. The molecule has 0 aliphatic heterocycles. The minimum atomic E-state index is -0.348. The van der Waals surface area contributed by atoms with Gasteiger partial charge in [0.1, 0.15) is 12.4 Å². The van der Waals surface area contributed by atoms with E-state index in [1.165, 1.54) is 6.92 Å². The van der Waals surface area contributed by atoms with Crippen LogP contribution in [0, 0.1) is 0 Å². The topological polar surface area (TPSA) is 52.6 Å². The second-order valence-electron chi connectivity index (χ2n) is 2.93. The van der Waals surface area contributed by atoms with Gasteiger partial charge in [0, 0.05) is 13.5 Å². The molecule has 1 atom stereocenters. The van der Waals surface area contributed by atoms with Crippen LogP contribution in [-0.4, -0.2) is 31.6 Å². The van der Waals surface area contributed by atoms with Crippen LogP contribution < -0.4 is 0 Å². The fourth-order valence-electron chi connectivity index (χ4n) is 0.629. The molecule has 13 heavy (non-hydrogen) atoms. The number of ether oxygens (including phenoxy) is 2. The molecule has 0 spiro atoms. The van der Waals surface area contributed by atoms with E-state index in [4.69, 9.17) is 9.47 Å². The summed E-state index contributed by atoms with van der Waals surface area (Å²) in [4.78, 5) is 21.4. The third kappa shape index (κ3) is 7.46. The first-order chi connectivity index (χ1) is 6.06. The highest BCUT2D eigenvalue weighted by atomic mass is 16.6. The van der Waals surface area contributed by atoms with E-state index >= 15 is 0 Å². The molecule has 0 amide bonds. The average Bonchev–Trinajstić information content (AvgIpc) is 2.10. The van der Waals surface area contributed by atoms with Gasteiger partial charge in [-0.2, -0.15) is 0 Å². The number of hydrogen-bond acceptors (Lipinski definition) is 4. The summed E-state index contributed by atoms with van der Waals surface area (Å²) in [6.45, 7) is 3.50. The Balaban J connectivity index is 3.46. The van der Waals surface area contributed by atoms with Crippen molar-refractivity contribution in [2.45, 2.75) is 32.8 Å².